The normalized spacial score (nSPS) is 10.9. The highest BCUT2D eigenvalue weighted by Crippen LogP contribution is 1.92. The molecule has 0 aromatic heterocycles. The molecule has 0 unspecified atom stereocenters. The lowest BCUT2D eigenvalue weighted by Gasteiger charge is -2.08. The Bertz CT molecular complexity index is 267. The number of hydrogen-bond acceptors (Lipinski definition) is 6. The average Bonchev–Trinajstić information content (AvgIpc) is 2.59. The number of hydrogen-bond donors (Lipinski definition) is 2. The molecule has 144 valence electrons. The highest BCUT2D eigenvalue weighted by molar-refractivity contribution is 5.75. The number of nitrogens with one attached hydrogen (secondary N) is 2. The Balaban J connectivity index is 3.08. The molecule has 0 bridgehead atoms. The molecule has 2 N–H and O–H groups in total. The molecule has 1 amide bonds. The minimum absolute atomic E-state index is 0.0531. The molecule has 0 rings (SSSR count). The van der Waals surface area contributed by atoms with Crippen LogP contribution < -0.4 is 10.6 Å². The van der Waals surface area contributed by atoms with Gasteiger partial charge in [0.25, 0.3) is 0 Å². The third-order valence-electron chi connectivity index (χ3n) is 3.19. The standard InChI is InChI=1S/C17H36N2O5/c1-3-4-5-7-19-17(20)6-9-21-11-13-23-15-16-24-14-12-22-10-8-18-2/h18H,3-16H2,1-2H3,(H,19,20). The fourth-order valence-electron chi connectivity index (χ4n) is 1.79. The molecule has 0 spiro atoms. The van der Waals surface area contributed by atoms with E-state index >= 15 is 0 Å². The highest BCUT2D eigenvalue weighted by Gasteiger charge is 2.00. The van der Waals surface area contributed by atoms with E-state index in [0.717, 1.165) is 32.4 Å². The largest absolute Gasteiger partial charge is 0.379 e. The van der Waals surface area contributed by atoms with Gasteiger partial charge in [0.2, 0.25) is 5.91 Å². The zero-order valence-corrected chi connectivity index (χ0v) is 15.4. The van der Waals surface area contributed by atoms with Crippen molar-refractivity contribution in [2.24, 2.45) is 0 Å². The van der Waals surface area contributed by atoms with Crippen LogP contribution >= 0.6 is 0 Å². The molecule has 0 heterocycles. The fraction of sp³-hybridized carbons (Fsp3) is 0.941. The molecule has 0 saturated heterocycles. The number of ether oxygens (including phenoxy) is 4. The van der Waals surface area contributed by atoms with Crippen molar-refractivity contribution in [3.05, 3.63) is 0 Å². The van der Waals surface area contributed by atoms with Gasteiger partial charge in [-0.1, -0.05) is 19.8 Å². The molecule has 0 atom stereocenters. The van der Waals surface area contributed by atoms with Crippen LogP contribution in [0.4, 0.5) is 0 Å². The van der Waals surface area contributed by atoms with Crippen molar-refractivity contribution in [3.63, 3.8) is 0 Å². The Kier molecular flexibility index (Phi) is 19.7. The molecule has 0 radical (unpaired) electrons. The molecule has 0 aliphatic heterocycles. The quantitative estimate of drug-likeness (QED) is 0.339. The van der Waals surface area contributed by atoms with Gasteiger partial charge in [-0.3, -0.25) is 4.79 Å². The van der Waals surface area contributed by atoms with Crippen LogP contribution in [0.3, 0.4) is 0 Å². The van der Waals surface area contributed by atoms with Crippen LogP contribution in [0, 0.1) is 0 Å². The molecule has 0 aromatic carbocycles. The zero-order valence-electron chi connectivity index (χ0n) is 15.4. The van der Waals surface area contributed by atoms with Gasteiger partial charge in [0, 0.05) is 19.5 Å². The van der Waals surface area contributed by atoms with Gasteiger partial charge >= 0.3 is 0 Å². The summed E-state index contributed by atoms with van der Waals surface area (Å²) in [6.45, 7) is 8.17. The third-order valence-corrected chi connectivity index (χ3v) is 3.19. The van der Waals surface area contributed by atoms with Gasteiger partial charge in [0.1, 0.15) is 0 Å². The summed E-state index contributed by atoms with van der Waals surface area (Å²) in [7, 11) is 1.89. The molecule has 0 aliphatic carbocycles. The molecule has 24 heavy (non-hydrogen) atoms. The number of likely N-dealkylation sites (N-methyl/N-ethyl adjacent to an activating group) is 1. The smallest absolute Gasteiger partial charge is 0.222 e. The fourth-order valence-corrected chi connectivity index (χ4v) is 1.79. The van der Waals surface area contributed by atoms with Gasteiger partial charge < -0.3 is 29.6 Å². The van der Waals surface area contributed by atoms with Crippen molar-refractivity contribution in [1.82, 2.24) is 10.6 Å². The first-order valence-electron chi connectivity index (χ1n) is 9.03. The number of amides is 1. The summed E-state index contributed by atoms with van der Waals surface area (Å²) in [5.41, 5.74) is 0. The predicted molar refractivity (Wildman–Crippen MR) is 94.4 cm³/mol. The molecule has 7 nitrogen and oxygen atoms in total. The van der Waals surface area contributed by atoms with Crippen LogP contribution in [0.1, 0.15) is 32.6 Å². The van der Waals surface area contributed by atoms with Crippen LogP contribution in [0.5, 0.6) is 0 Å². The van der Waals surface area contributed by atoms with Gasteiger partial charge in [0.15, 0.2) is 0 Å². The number of carbonyl (C=O) groups excluding carboxylic acids is 1. The number of rotatable bonds is 19. The summed E-state index contributed by atoms with van der Waals surface area (Å²) in [5, 5.41) is 5.89. The Morgan fingerprint density at radius 1 is 0.750 bits per heavy atom. The minimum Gasteiger partial charge on any atom is -0.379 e. The molecule has 0 saturated carbocycles. The molecule has 7 heteroatoms. The van der Waals surface area contributed by atoms with Crippen LogP contribution in [-0.4, -0.2) is 78.9 Å². The monoisotopic (exact) mass is 348 g/mol. The summed E-state index contributed by atoms with van der Waals surface area (Å²) in [6.07, 6.45) is 3.76. The summed E-state index contributed by atoms with van der Waals surface area (Å²) < 4.78 is 21.4. The summed E-state index contributed by atoms with van der Waals surface area (Å²) in [5.74, 6) is 0.0531. The van der Waals surface area contributed by atoms with Gasteiger partial charge in [-0.15, -0.1) is 0 Å². The number of unbranched alkanes of at least 4 members (excludes halogenated alkanes) is 2. The maximum atomic E-state index is 11.5. The zero-order chi connectivity index (χ0) is 17.7. The van der Waals surface area contributed by atoms with Crippen molar-refractivity contribution in [3.8, 4) is 0 Å². The van der Waals surface area contributed by atoms with Crippen LogP contribution in [0.2, 0.25) is 0 Å². The third kappa shape index (κ3) is 19.3. The van der Waals surface area contributed by atoms with E-state index in [1.807, 2.05) is 7.05 Å². The van der Waals surface area contributed by atoms with E-state index in [2.05, 4.69) is 17.6 Å². The second-order valence-electron chi connectivity index (χ2n) is 5.36. The van der Waals surface area contributed by atoms with E-state index in [0.29, 0.717) is 59.3 Å². The van der Waals surface area contributed by atoms with E-state index < -0.39 is 0 Å². The van der Waals surface area contributed by atoms with Crippen LogP contribution in [0.15, 0.2) is 0 Å². The Labute approximate surface area is 146 Å². The Morgan fingerprint density at radius 2 is 1.29 bits per heavy atom. The summed E-state index contributed by atoms with van der Waals surface area (Å²) >= 11 is 0. The van der Waals surface area contributed by atoms with E-state index in [1.165, 1.54) is 0 Å². The molecular weight excluding hydrogens is 312 g/mol. The molecule has 0 fully saturated rings. The lowest BCUT2D eigenvalue weighted by atomic mass is 10.2. The minimum atomic E-state index is 0.0531. The van der Waals surface area contributed by atoms with Crippen LogP contribution in [-0.2, 0) is 23.7 Å². The topological polar surface area (TPSA) is 78.1 Å². The van der Waals surface area contributed by atoms with E-state index in [1.54, 1.807) is 0 Å². The molecule has 0 aromatic rings. The maximum absolute atomic E-state index is 11.5. The lowest BCUT2D eigenvalue weighted by molar-refractivity contribution is -0.122. The van der Waals surface area contributed by atoms with Gasteiger partial charge in [0.05, 0.1) is 52.9 Å². The first-order valence-corrected chi connectivity index (χ1v) is 9.03. The summed E-state index contributed by atoms with van der Waals surface area (Å²) in [4.78, 5) is 11.5. The van der Waals surface area contributed by atoms with Crippen molar-refractivity contribution in [2.75, 3.05) is 73.0 Å². The Hall–Kier alpha value is -0.730. The molecule has 0 aliphatic rings. The average molecular weight is 348 g/mol. The van der Waals surface area contributed by atoms with Crippen LogP contribution in [0.25, 0.3) is 0 Å². The van der Waals surface area contributed by atoms with Crippen molar-refractivity contribution >= 4 is 5.91 Å². The second-order valence-corrected chi connectivity index (χ2v) is 5.36. The lowest BCUT2D eigenvalue weighted by Crippen LogP contribution is -2.25. The highest BCUT2D eigenvalue weighted by atomic mass is 16.6. The van der Waals surface area contributed by atoms with Crippen molar-refractivity contribution in [2.45, 2.75) is 32.6 Å². The Morgan fingerprint density at radius 3 is 1.83 bits per heavy atom. The molecular formula is C17H36N2O5. The predicted octanol–water partition coefficient (Wildman–Crippen LogP) is 0.969. The first kappa shape index (κ1) is 23.3. The summed E-state index contributed by atoms with van der Waals surface area (Å²) in [6, 6.07) is 0. The second kappa shape index (κ2) is 20.3. The SMILES string of the molecule is CCCCCNC(=O)CCOCCOCCOCCOCCNC. The van der Waals surface area contributed by atoms with Gasteiger partial charge in [-0.2, -0.15) is 0 Å². The van der Waals surface area contributed by atoms with Crippen molar-refractivity contribution < 1.29 is 23.7 Å². The van der Waals surface area contributed by atoms with Crippen molar-refractivity contribution in [1.29, 1.82) is 0 Å². The first-order chi connectivity index (χ1) is 11.8. The van der Waals surface area contributed by atoms with Gasteiger partial charge in [-0.25, -0.2) is 0 Å². The van der Waals surface area contributed by atoms with E-state index in [-0.39, 0.29) is 5.91 Å². The number of carbonyl (C=O) groups is 1. The maximum Gasteiger partial charge on any atom is 0.222 e. The van der Waals surface area contributed by atoms with Gasteiger partial charge in [-0.05, 0) is 13.5 Å². The van der Waals surface area contributed by atoms with E-state index in [9.17, 15) is 4.79 Å². The van der Waals surface area contributed by atoms with E-state index in [4.69, 9.17) is 18.9 Å².